The SMILES string of the molecule is C#CC1(c2ccc(Cl)c(Cl)c2)CN(C(=O)Cc2cccc(Cl)c2Cl)CCO1. The molecule has 0 N–H and O–H groups in total. The van der Waals surface area contributed by atoms with Gasteiger partial charge in [0.25, 0.3) is 0 Å². The van der Waals surface area contributed by atoms with E-state index in [0.717, 1.165) is 0 Å². The Kier molecular flexibility index (Phi) is 6.25. The molecule has 1 atom stereocenters. The van der Waals surface area contributed by atoms with E-state index in [1.807, 2.05) is 0 Å². The number of hydrogen-bond donors (Lipinski definition) is 0. The van der Waals surface area contributed by atoms with Gasteiger partial charge in [0.05, 0.1) is 39.7 Å². The summed E-state index contributed by atoms with van der Waals surface area (Å²) in [7, 11) is 0. The molecule has 1 aliphatic heterocycles. The second-order valence-corrected chi connectivity index (χ2v) is 7.75. The molecule has 1 heterocycles. The highest BCUT2D eigenvalue weighted by Gasteiger charge is 2.39. The van der Waals surface area contributed by atoms with Crippen LogP contribution < -0.4 is 0 Å². The van der Waals surface area contributed by atoms with Gasteiger partial charge in [-0.05, 0) is 29.3 Å². The summed E-state index contributed by atoms with van der Waals surface area (Å²) in [6, 6.07) is 10.3. The van der Waals surface area contributed by atoms with Crippen LogP contribution in [-0.4, -0.2) is 30.5 Å². The van der Waals surface area contributed by atoms with Gasteiger partial charge < -0.3 is 9.64 Å². The molecule has 0 aromatic heterocycles. The van der Waals surface area contributed by atoms with E-state index < -0.39 is 5.60 Å². The van der Waals surface area contributed by atoms with Crippen molar-refractivity contribution in [3.8, 4) is 12.3 Å². The molecule has 27 heavy (non-hydrogen) atoms. The van der Waals surface area contributed by atoms with Crippen LogP contribution in [-0.2, 0) is 21.6 Å². The molecule has 0 saturated carbocycles. The molecule has 1 saturated heterocycles. The van der Waals surface area contributed by atoms with Crippen molar-refractivity contribution in [1.82, 2.24) is 4.90 Å². The van der Waals surface area contributed by atoms with Crippen molar-refractivity contribution in [2.75, 3.05) is 19.7 Å². The van der Waals surface area contributed by atoms with Gasteiger partial charge in [-0.1, -0.05) is 70.5 Å². The first-order valence-corrected chi connectivity index (χ1v) is 9.65. The Balaban J connectivity index is 1.83. The van der Waals surface area contributed by atoms with E-state index in [1.54, 1.807) is 41.3 Å². The first-order chi connectivity index (χ1) is 12.9. The van der Waals surface area contributed by atoms with Gasteiger partial charge in [-0.2, -0.15) is 0 Å². The maximum absolute atomic E-state index is 12.8. The molecule has 1 unspecified atom stereocenters. The molecular formula is C20H15Cl4NO2. The molecule has 0 radical (unpaired) electrons. The average Bonchev–Trinajstić information content (AvgIpc) is 2.67. The number of carbonyl (C=O) groups is 1. The van der Waals surface area contributed by atoms with Gasteiger partial charge in [0.15, 0.2) is 5.60 Å². The topological polar surface area (TPSA) is 29.5 Å². The highest BCUT2D eigenvalue weighted by atomic mass is 35.5. The summed E-state index contributed by atoms with van der Waals surface area (Å²) in [4.78, 5) is 14.5. The molecule has 3 nitrogen and oxygen atoms in total. The molecule has 0 spiro atoms. The smallest absolute Gasteiger partial charge is 0.227 e. The zero-order chi connectivity index (χ0) is 19.6. The van der Waals surface area contributed by atoms with Crippen LogP contribution in [0.15, 0.2) is 36.4 Å². The number of nitrogens with zero attached hydrogens (tertiary/aromatic N) is 1. The van der Waals surface area contributed by atoms with E-state index in [-0.39, 0.29) is 18.9 Å². The van der Waals surface area contributed by atoms with Crippen LogP contribution >= 0.6 is 46.4 Å². The summed E-state index contributed by atoms with van der Waals surface area (Å²) < 4.78 is 5.89. The summed E-state index contributed by atoms with van der Waals surface area (Å²) in [5, 5.41) is 1.60. The highest BCUT2D eigenvalue weighted by Crippen LogP contribution is 2.34. The number of benzene rings is 2. The Bertz CT molecular complexity index is 925. The lowest BCUT2D eigenvalue weighted by molar-refractivity contribution is -0.143. The van der Waals surface area contributed by atoms with Crippen LogP contribution in [0.2, 0.25) is 20.1 Å². The zero-order valence-corrected chi connectivity index (χ0v) is 17.2. The first kappa shape index (κ1) is 20.3. The lowest BCUT2D eigenvalue weighted by Gasteiger charge is -2.40. The van der Waals surface area contributed by atoms with Gasteiger partial charge in [-0.15, -0.1) is 6.42 Å². The van der Waals surface area contributed by atoms with E-state index in [0.29, 0.717) is 44.4 Å². The second kappa shape index (κ2) is 8.31. The molecule has 1 fully saturated rings. The van der Waals surface area contributed by atoms with Gasteiger partial charge >= 0.3 is 0 Å². The number of morpholine rings is 1. The van der Waals surface area contributed by atoms with E-state index in [2.05, 4.69) is 5.92 Å². The Morgan fingerprint density at radius 2 is 1.93 bits per heavy atom. The Morgan fingerprint density at radius 1 is 1.15 bits per heavy atom. The number of amides is 1. The van der Waals surface area contributed by atoms with E-state index >= 15 is 0 Å². The highest BCUT2D eigenvalue weighted by molar-refractivity contribution is 6.42. The van der Waals surface area contributed by atoms with Crippen LogP contribution in [0.3, 0.4) is 0 Å². The third kappa shape index (κ3) is 4.21. The number of terminal acetylenes is 1. The lowest BCUT2D eigenvalue weighted by atomic mass is 9.92. The fourth-order valence-electron chi connectivity index (χ4n) is 2.99. The summed E-state index contributed by atoms with van der Waals surface area (Å²) in [5.41, 5.74) is 0.263. The van der Waals surface area contributed by atoms with Crippen molar-refractivity contribution >= 4 is 52.3 Å². The minimum absolute atomic E-state index is 0.109. The Hall–Kier alpha value is -1.41. The molecule has 0 aliphatic carbocycles. The van der Waals surface area contributed by atoms with E-state index in [1.165, 1.54) is 0 Å². The monoisotopic (exact) mass is 441 g/mol. The van der Waals surface area contributed by atoms with Crippen molar-refractivity contribution in [2.24, 2.45) is 0 Å². The molecular weight excluding hydrogens is 428 g/mol. The van der Waals surface area contributed by atoms with Crippen molar-refractivity contribution in [2.45, 2.75) is 12.0 Å². The van der Waals surface area contributed by atoms with Crippen LogP contribution in [0.1, 0.15) is 11.1 Å². The lowest BCUT2D eigenvalue weighted by Crippen LogP contribution is -2.51. The quantitative estimate of drug-likeness (QED) is 0.609. The number of ether oxygens (including phenoxy) is 1. The fraction of sp³-hybridized carbons (Fsp3) is 0.250. The van der Waals surface area contributed by atoms with Crippen molar-refractivity contribution in [1.29, 1.82) is 0 Å². The molecule has 2 aromatic carbocycles. The number of hydrogen-bond acceptors (Lipinski definition) is 2. The molecule has 140 valence electrons. The summed E-state index contributed by atoms with van der Waals surface area (Å²) in [6.07, 6.45) is 5.92. The third-order valence-electron chi connectivity index (χ3n) is 4.47. The van der Waals surface area contributed by atoms with E-state index in [4.69, 9.17) is 57.6 Å². The maximum Gasteiger partial charge on any atom is 0.227 e. The average molecular weight is 443 g/mol. The second-order valence-electron chi connectivity index (χ2n) is 6.15. The predicted molar refractivity (Wildman–Crippen MR) is 110 cm³/mol. The Morgan fingerprint density at radius 3 is 2.63 bits per heavy atom. The van der Waals surface area contributed by atoms with Gasteiger partial charge in [0.2, 0.25) is 5.91 Å². The number of rotatable bonds is 3. The van der Waals surface area contributed by atoms with Crippen LogP contribution in [0.25, 0.3) is 0 Å². The van der Waals surface area contributed by atoms with Gasteiger partial charge in [0.1, 0.15) is 0 Å². The predicted octanol–water partition coefficient (Wildman–Crippen LogP) is 5.23. The van der Waals surface area contributed by atoms with Crippen LogP contribution in [0.5, 0.6) is 0 Å². The van der Waals surface area contributed by atoms with Crippen LogP contribution in [0, 0.1) is 12.3 Å². The zero-order valence-electron chi connectivity index (χ0n) is 14.1. The third-order valence-corrected chi connectivity index (χ3v) is 6.07. The molecule has 0 bridgehead atoms. The first-order valence-electron chi connectivity index (χ1n) is 8.14. The minimum atomic E-state index is -1.08. The molecule has 1 amide bonds. The van der Waals surface area contributed by atoms with Gasteiger partial charge in [0, 0.05) is 6.54 Å². The minimum Gasteiger partial charge on any atom is -0.354 e. The maximum atomic E-state index is 12.8. The van der Waals surface area contributed by atoms with Crippen molar-refractivity contribution in [3.05, 3.63) is 67.6 Å². The van der Waals surface area contributed by atoms with E-state index in [9.17, 15) is 4.79 Å². The normalized spacial score (nSPS) is 19.6. The van der Waals surface area contributed by atoms with Crippen LogP contribution in [0.4, 0.5) is 0 Å². The van der Waals surface area contributed by atoms with Crippen molar-refractivity contribution in [3.63, 3.8) is 0 Å². The largest absolute Gasteiger partial charge is 0.354 e. The Labute approximate surface area is 178 Å². The molecule has 1 aliphatic rings. The summed E-state index contributed by atoms with van der Waals surface area (Å²) in [6.45, 7) is 0.944. The fourth-order valence-corrected chi connectivity index (χ4v) is 3.67. The summed E-state index contributed by atoms with van der Waals surface area (Å²) in [5.74, 6) is 2.58. The summed E-state index contributed by atoms with van der Waals surface area (Å²) >= 11 is 24.4. The standard InChI is InChI=1S/C20H15Cl4NO2/c1-2-20(14-6-7-15(21)17(23)11-14)12-25(8-9-27-20)18(26)10-13-4-3-5-16(22)19(13)24/h1,3-7,11H,8-10,12H2. The molecule has 7 heteroatoms. The number of halogens is 4. The molecule has 2 aromatic rings. The molecule has 3 rings (SSSR count). The van der Waals surface area contributed by atoms with Gasteiger partial charge in [-0.25, -0.2) is 0 Å². The van der Waals surface area contributed by atoms with Crippen molar-refractivity contribution < 1.29 is 9.53 Å². The van der Waals surface area contributed by atoms with Gasteiger partial charge in [-0.3, -0.25) is 4.79 Å². The number of carbonyl (C=O) groups excluding carboxylic acids is 1.